The number of carbonyl (C=O) groups is 2. The van der Waals surface area contributed by atoms with E-state index >= 15 is 0 Å². The van der Waals surface area contributed by atoms with Gasteiger partial charge >= 0.3 is 6.03 Å². The van der Waals surface area contributed by atoms with Crippen molar-refractivity contribution in [2.24, 2.45) is 0 Å². The van der Waals surface area contributed by atoms with Crippen LogP contribution in [0.1, 0.15) is 47.5 Å². The van der Waals surface area contributed by atoms with Crippen LogP contribution in [0.15, 0.2) is 42.7 Å². The lowest BCUT2D eigenvalue weighted by Gasteiger charge is -2.32. The Hall–Kier alpha value is -3.75. The molecule has 1 aromatic carbocycles. The van der Waals surface area contributed by atoms with Gasteiger partial charge in [0, 0.05) is 44.1 Å². The zero-order valence-electron chi connectivity index (χ0n) is 20.2. The number of ether oxygens (including phenoxy) is 2. The van der Waals surface area contributed by atoms with Gasteiger partial charge in [0.05, 0.1) is 31.5 Å². The first-order chi connectivity index (χ1) is 17.1. The summed E-state index contributed by atoms with van der Waals surface area (Å²) < 4.78 is 12.4. The van der Waals surface area contributed by atoms with E-state index in [4.69, 9.17) is 9.47 Å². The number of methoxy groups -OCH3 is 2. The molecule has 2 aliphatic heterocycles. The molecule has 2 aromatic heterocycles. The van der Waals surface area contributed by atoms with Gasteiger partial charge in [0.2, 0.25) is 0 Å². The lowest BCUT2D eigenvalue weighted by atomic mass is 9.89. The average Bonchev–Trinajstić information content (AvgIpc) is 3.58. The third kappa shape index (κ3) is 4.62. The van der Waals surface area contributed by atoms with E-state index < -0.39 is 0 Å². The zero-order valence-corrected chi connectivity index (χ0v) is 20.2. The summed E-state index contributed by atoms with van der Waals surface area (Å²) in [6.07, 6.45) is 7.46. The minimum Gasteiger partial charge on any atom is -0.493 e. The summed E-state index contributed by atoms with van der Waals surface area (Å²) in [4.78, 5) is 29.6. The molecule has 0 bridgehead atoms. The number of nitrogens with zero attached hydrogens (tertiary/aromatic N) is 4. The molecular weight excluding hydrogens is 446 g/mol. The van der Waals surface area contributed by atoms with Gasteiger partial charge < -0.3 is 24.6 Å². The molecule has 3 aromatic rings. The first kappa shape index (κ1) is 23.0. The van der Waals surface area contributed by atoms with E-state index in [1.54, 1.807) is 43.1 Å². The first-order valence-electron chi connectivity index (χ1n) is 12.1. The highest BCUT2D eigenvalue weighted by Crippen LogP contribution is 2.32. The second-order valence-electron chi connectivity index (χ2n) is 9.11. The SMILES string of the molecule is COc1ccc(NC(=O)N2CCC(c3ccn4ncc(C(=O)N5CCCC5)c4c3)CC2)cc1OC. The Bertz CT molecular complexity index is 1230. The van der Waals surface area contributed by atoms with Crippen molar-refractivity contribution in [2.45, 2.75) is 31.6 Å². The van der Waals surface area contributed by atoms with Gasteiger partial charge in [-0.2, -0.15) is 5.10 Å². The van der Waals surface area contributed by atoms with Crippen LogP contribution in [0.4, 0.5) is 10.5 Å². The monoisotopic (exact) mass is 477 g/mol. The Morgan fingerprint density at radius 2 is 1.69 bits per heavy atom. The summed E-state index contributed by atoms with van der Waals surface area (Å²) in [5.74, 6) is 1.58. The number of piperidine rings is 1. The molecule has 1 N–H and O–H groups in total. The molecule has 0 saturated carbocycles. The zero-order chi connectivity index (χ0) is 24.4. The molecular formula is C26H31N5O4. The van der Waals surface area contributed by atoms with Crippen LogP contribution < -0.4 is 14.8 Å². The van der Waals surface area contributed by atoms with Gasteiger partial charge in [-0.05, 0) is 61.4 Å². The number of hydrogen-bond donors (Lipinski definition) is 1. The molecule has 35 heavy (non-hydrogen) atoms. The Morgan fingerprint density at radius 1 is 0.943 bits per heavy atom. The van der Waals surface area contributed by atoms with Crippen LogP contribution in [0.3, 0.4) is 0 Å². The molecule has 3 amide bonds. The van der Waals surface area contributed by atoms with E-state index in [2.05, 4.69) is 22.5 Å². The van der Waals surface area contributed by atoms with Crippen molar-refractivity contribution in [1.29, 1.82) is 0 Å². The van der Waals surface area contributed by atoms with Gasteiger partial charge in [-0.15, -0.1) is 0 Å². The number of rotatable bonds is 5. The maximum absolute atomic E-state index is 13.0. The highest BCUT2D eigenvalue weighted by atomic mass is 16.5. The second-order valence-corrected chi connectivity index (χ2v) is 9.11. The molecule has 2 saturated heterocycles. The number of pyridine rings is 1. The summed E-state index contributed by atoms with van der Waals surface area (Å²) in [7, 11) is 3.15. The molecule has 2 fully saturated rings. The van der Waals surface area contributed by atoms with E-state index in [9.17, 15) is 9.59 Å². The van der Waals surface area contributed by atoms with E-state index in [1.807, 2.05) is 16.0 Å². The highest BCUT2D eigenvalue weighted by Gasteiger charge is 2.26. The van der Waals surface area contributed by atoms with E-state index in [0.29, 0.717) is 41.8 Å². The quantitative estimate of drug-likeness (QED) is 0.600. The Labute approximate surface area is 204 Å². The summed E-state index contributed by atoms with van der Waals surface area (Å²) in [6.45, 7) is 2.96. The van der Waals surface area contributed by atoms with Crippen LogP contribution in [0.5, 0.6) is 11.5 Å². The lowest BCUT2D eigenvalue weighted by Crippen LogP contribution is -2.40. The van der Waals surface area contributed by atoms with Crippen molar-refractivity contribution in [1.82, 2.24) is 19.4 Å². The second kappa shape index (κ2) is 9.85. The Balaban J connectivity index is 1.23. The predicted octanol–water partition coefficient (Wildman–Crippen LogP) is 4.00. The van der Waals surface area contributed by atoms with E-state index in [-0.39, 0.29) is 11.9 Å². The number of aromatic nitrogens is 2. The number of likely N-dealkylation sites (tertiary alicyclic amines) is 2. The summed E-state index contributed by atoms with van der Waals surface area (Å²) in [6, 6.07) is 9.38. The molecule has 9 nitrogen and oxygen atoms in total. The van der Waals surface area contributed by atoms with Gasteiger partial charge in [-0.25, -0.2) is 9.31 Å². The molecule has 0 unspecified atom stereocenters. The molecule has 5 rings (SSSR count). The van der Waals surface area contributed by atoms with E-state index in [0.717, 1.165) is 44.3 Å². The minimum atomic E-state index is -0.125. The number of carbonyl (C=O) groups excluding carboxylic acids is 2. The first-order valence-corrected chi connectivity index (χ1v) is 12.1. The van der Waals surface area contributed by atoms with Gasteiger partial charge in [-0.1, -0.05) is 0 Å². The molecule has 0 atom stereocenters. The van der Waals surface area contributed by atoms with Crippen LogP contribution in [0.25, 0.3) is 5.52 Å². The van der Waals surface area contributed by atoms with Crippen molar-refractivity contribution in [3.05, 3.63) is 53.9 Å². The molecule has 2 aliphatic rings. The van der Waals surface area contributed by atoms with Crippen molar-refractivity contribution < 1.29 is 19.1 Å². The number of benzene rings is 1. The minimum absolute atomic E-state index is 0.0660. The molecule has 4 heterocycles. The van der Waals surface area contributed by atoms with Gasteiger partial charge in [0.1, 0.15) is 0 Å². The number of fused-ring (bicyclic) bond motifs is 1. The molecule has 184 valence electrons. The highest BCUT2D eigenvalue weighted by molar-refractivity contribution is 6.00. The molecule has 0 spiro atoms. The fourth-order valence-corrected chi connectivity index (χ4v) is 5.04. The van der Waals surface area contributed by atoms with Crippen molar-refractivity contribution in [3.63, 3.8) is 0 Å². The Kier molecular flexibility index (Phi) is 6.48. The van der Waals surface area contributed by atoms with Crippen molar-refractivity contribution in [3.8, 4) is 11.5 Å². The largest absolute Gasteiger partial charge is 0.493 e. The van der Waals surface area contributed by atoms with Crippen molar-refractivity contribution >= 4 is 23.1 Å². The van der Waals surface area contributed by atoms with Gasteiger partial charge in [0.15, 0.2) is 11.5 Å². The third-order valence-electron chi connectivity index (χ3n) is 7.06. The van der Waals surface area contributed by atoms with Gasteiger partial charge in [0.25, 0.3) is 5.91 Å². The number of urea groups is 1. The fourth-order valence-electron chi connectivity index (χ4n) is 5.04. The van der Waals surface area contributed by atoms with Crippen molar-refractivity contribution in [2.75, 3.05) is 45.7 Å². The Morgan fingerprint density at radius 3 is 2.40 bits per heavy atom. The smallest absolute Gasteiger partial charge is 0.321 e. The number of anilines is 1. The molecule has 9 heteroatoms. The third-order valence-corrected chi connectivity index (χ3v) is 7.06. The topological polar surface area (TPSA) is 88.4 Å². The molecule has 0 aliphatic carbocycles. The summed E-state index contributed by atoms with van der Waals surface area (Å²) in [5.41, 5.74) is 3.37. The summed E-state index contributed by atoms with van der Waals surface area (Å²) >= 11 is 0. The van der Waals surface area contributed by atoms with E-state index in [1.165, 1.54) is 5.56 Å². The van der Waals surface area contributed by atoms with Crippen LogP contribution >= 0.6 is 0 Å². The maximum atomic E-state index is 13.0. The van der Waals surface area contributed by atoms with Crippen LogP contribution in [0.2, 0.25) is 0 Å². The summed E-state index contributed by atoms with van der Waals surface area (Å²) in [5, 5.41) is 7.34. The van der Waals surface area contributed by atoms with Crippen LogP contribution in [0, 0.1) is 0 Å². The standard InChI is InChI=1S/C26H31N5O4/c1-34-23-6-5-20(16-24(23)35-2)28-26(33)30-12-7-18(8-13-30)19-9-14-31-22(15-19)21(17-27-31)25(32)29-10-3-4-11-29/h5-6,9,14-18H,3-4,7-8,10-13H2,1-2H3,(H,28,33). The fraction of sp³-hybridized carbons (Fsp3) is 0.423. The van der Waals surface area contributed by atoms with Crippen LogP contribution in [-0.2, 0) is 0 Å². The normalized spacial score (nSPS) is 16.5. The number of nitrogens with one attached hydrogen (secondary N) is 1. The van der Waals surface area contributed by atoms with Crippen LogP contribution in [-0.4, -0.2) is 71.8 Å². The molecule has 0 radical (unpaired) electrons. The average molecular weight is 478 g/mol. The predicted molar refractivity (Wildman–Crippen MR) is 132 cm³/mol. The number of hydrogen-bond acceptors (Lipinski definition) is 5. The number of amides is 3. The van der Waals surface area contributed by atoms with Gasteiger partial charge in [-0.3, -0.25) is 4.79 Å². The maximum Gasteiger partial charge on any atom is 0.321 e. The lowest BCUT2D eigenvalue weighted by molar-refractivity contribution is 0.0794.